The summed E-state index contributed by atoms with van der Waals surface area (Å²) in [6, 6.07) is 3.10. The molecule has 3 N–H and O–H groups in total. The fourth-order valence-electron chi connectivity index (χ4n) is 2.32. The molecule has 0 saturated heterocycles. The molecule has 8 nitrogen and oxygen atoms in total. The first-order valence-electron chi connectivity index (χ1n) is 7.55. The van der Waals surface area contributed by atoms with Crippen LogP contribution in [0, 0.1) is 0 Å². The van der Waals surface area contributed by atoms with Crippen LogP contribution in [0.25, 0.3) is 0 Å². The summed E-state index contributed by atoms with van der Waals surface area (Å²) >= 11 is 6.18. The van der Waals surface area contributed by atoms with Gasteiger partial charge in [0.15, 0.2) is 6.61 Å². The predicted molar refractivity (Wildman–Crippen MR) is 90.3 cm³/mol. The number of alkyl carbamates (subject to hydrolysis) is 1. The van der Waals surface area contributed by atoms with Gasteiger partial charge in [0, 0.05) is 12.0 Å². The molecule has 1 atom stereocenters. The van der Waals surface area contributed by atoms with Gasteiger partial charge in [0.2, 0.25) is 0 Å². The van der Waals surface area contributed by atoms with Gasteiger partial charge in [0.25, 0.3) is 0 Å². The van der Waals surface area contributed by atoms with Gasteiger partial charge in [-0.3, -0.25) is 0 Å². The van der Waals surface area contributed by atoms with Gasteiger partial charge < -0.3 is 29.6 Å². The molecule has 0 bridgehead atoms. The van der Waals surface area contributed by atoms with Crippen molar-refractivity contribution in [2.75, 3.05) is 13.2 Å². The smallest absolute Gasteiger partial charge is 0.480 e. The van der Waals surface area contributed by atoms with E-state index in [1.54, 1.807) is 26.8 Å². The molecule has 0 aromatic heterocycles. The summed E-state index contributed by atoms with van der Waals surface area (Å²) in [7, 11) is -1.30. The molecule has 2 rings (SSSR count). The SMILES string of the molecule is CC(C)(C)OC(=O)NCC1OB(O)c2c1ccc(OCC(=O)O)c2Cl. The van der Waals surface area contributed by atoms with Crippen LogP contribution in [0.5, 0.6) is 5.75 Å². The van der Waals surface area contributed by atoms with Crippen molar-refractivity contribution in [2.24, 2.45) is 0 Å². The van der Waals surface area contributed by atoms with Crippen LogP contribution in [-0.4, -0.2) is 48.1 Å². The first-order valence-corrected chi connectivity index (χ1v) is 7.93. The fraction of sp³-hybridized carbons (Fsp3) is 0.467. The maximum atomic E-state index is 11.7. The Morgan fingerprint density at radius 3 is 2.68 bits per heavy atom. The van der Waals surface area contributed by atoms with Crippen LogP contribution in [-0.2, 0) is 14.2 Å². The number of rotatable bonds is 5. The highest BCUT2D eigenvalue weighted by Crippen LogP contribution is 2.32. The number of nitrogens with one attached hydrogen (secondary N) is 1. The summed E-state index contributed by atoms with van der Waals surface area (Å²) in [5.74, 6) is -1.01. The summed E-state index contributed by atoms with van der Waals surface area (Å²) in [4.78, 5) is 22.3. The Kier molecular flexibility index (Phi) is 5.81. The first kappa shape index (κ1) is 19.4. The zero-order valence-corrected chi connectivity index (χ0v) is 14.8. The number of halogens is 1. The van der Waals surface area contributed by atoms with E-state index in [1.807, 2.05) is 0 Å². The third-order valence-electron chi connectivity index (χ3n) is 3.25. The minimum absolute atomic E-state index is 0.0740. The van der Waals surface area contributed by atoms with Gasteiger partial charge in [-0.05, 0) is 32.4 Å². The Hall–Kier alpha value is -1.97. The second-order valence-corrected chi connectivity index (χ2v) is 6.80. The van der Waals surface area contributed by atoms with Gasteiger partial charge in [-0.25, -0.2) is 9.59 Å². The lowest BCUT2D eigenvalue weighted by Crippen LogP contribution is -2.35. The number of hydrogen-bond acceptors (Lipinski definition) is 6. The molecule has 25 heavy (non-hydrogen) atoms. The summed E-state index contributed by atoms with van der Waals surface area (Å²) < 4.78 is 15.6. The number of carboxylic acids is 1. The Morgan fingerprint density at radius 1 is 1.40 bits per heavy atom. The Morgan fingerprint density at radius 2 is 2.08 bits per heavy atom. The van der Waals surface area contributed by atoms with Crippen molar-refractivity contribution in [3.8, 4) is 5.75 Å². The number of carbonyl (C=O) groups is 2. The van der Waals surface area contributed by atoms with E-state index in [0.29, 0.717) is 11.0 Å². The van der Waals surface area contributed by atoms with Crippen molar-refractivity contribution < 1.29 is 33.8 Å². The lowest BCUT2D eigenvalue weighted by molar-refractivity contribution is -0.139. The number of fused-ring (bicyclic) bond motifs is 1. The number of ether oxygens (including phenoxy) is 2. The van der Waals surface area contributed by atoms with E-state index < -0.39 is 37.5 Å². The third-order valence-corrected chi connectivity index (χ3v) is 3.64. The summed E-state index contributed by atoms with van der Waals surface area (Å²) in [6.07, 6.45) is -1.23. The highest BCUT2D eigenvalue weighted by Gasteiger charge is 2.38. The molecule has 136 valence electrons. The number of hydrogen-bond donors (Lipinski definition) is 3. The summed E-state index contributed by atoms with van der Waals surface area (Å²) in [5.41, 5.74) is 0.245. The monoisotopic (exact) mass is 371 g/mol. The number of benzene rings is 1. The van der Waals surface area contributed by atoms with Gasteiger partial charge >= 0.3 is 19.2 Å². The molecule has 0 aliphatic carbocycles. The molecule has 0 radical (unpaired) electrons. The Bertz CT molecular complexity index is 677. The zero-order valence-electron chi connectivity index (χ0n) is 14.0. The minimum Gasteiger partial charge on any atom is -0.480 e. The maximum absolute atomic E-state index is 11.7. The van der Waals surface area contributed by atoms with E-state index in [2.05, 4.69) is 5.32 Å². The highest BCUT2D eigenvalue weighted by atomic mass is 35.5. The number of carboxylic acid groups (broad SMARTS) is 1. The first-order chi connectivity index (χ1) is 11.6. The molecule has 0 fully saturated rings. The topological polar surface area (TPSA) is 114 Å². The third kappa shape index (κ3) is 5.01. The van der Waals surface area contributed by atoms with Gasteiger partial charge in [-0.1, -0.05) is 17.7 Å². The average Bonchev–Trinajstić information content (AvgIpc) is 2.79. The van der Waals surface area contributed by atoms with Crippen molar-refractivity contribution in [1.82, 2.24) is 5.32 Å². The van der Waals surface area contributed by atoms with Gasteiger partial charge in [0.05, 0.1) is 11.1 Å². The summed E-state index contributed by atoms with van der Waals surface area (Å²) in [5, 5.41) is 21.4. The van der Waals surface area contributed by atoms with E-state index in [4.69, 9.17) is 30.8 Å². The molecule has 1 aliphatic heterocycles. The molecule has 1 amide bonds. The molecule has 1 heterocycles. The van der Waals surface area contributed by atoms with Gasteiger partial charge in [0.1, 0.15) is 11.4 Å². The van der Waals surface area contributed by atoms with Crippen molar-refractivity contribution in [2.45, 2.75) is 32.5 Å². The second-order valence-electron chi connectivity index (χ2n) is 6.42. The largest absolute Gasteiger partial charge is 0.493 e. The van der Waals surface area contributed by atoms with Gasteiger partial charge in [-0.2, -0.15) is 0 Å². The Balaban J connectivity index is 2.09. The van der Waals surface area contributed by atoms with Crippen LogP contribution in [0.4, 0.5) is 4.79 Å². The summed E-state index contributed by atoms with van der Waals surface area (Å²) in [6.45, 7) is 4.76. The van der Waals surface area contributed by atoms with Crippen molar-refractivity contribution >= 4 is 36.2 Å². The molecule has 1 aliphatic rings. The van der Waals surface area contributed by atoms with Crippen molar-refractivity contribution in [3.05, 3.63) is 22.7 Å². The van der Waals surface area contributed by atoms with Crippen LogP contribution in [0.2, 0.25) is 5.02 Å². The molecule has 1 unspecified atom stereocenters. The average molecular weight is 372 g/mol. The van der Waals surface area contributed by atoms with Crippen molar-refractivity contribution in [3.63, 3.8) is 0 Å². The lowest BCUT2D eigenvalue weighted by Gasteiger charge is -2.21. The van der Waals surface area contributed by atoms with Crippen LogP contribution < -0.4 is 15.5 Å². The normalized spacial score (nSPS) is 16.4. The lowest BCUT2D eigenvalue weighted by atomic mass is 9.79. The number of carbonyl (C=O) groups excluding carboxylic acids is 1. The van der Waals surface area contributed by atoms with Crippen LogP contribution in [0.3, 0.4) is 0 Å². The molecule has 10 heteroatoms. The quantitative estimate of drug-likeness (QED) is 0.664. The van der Waals surface area contributed by atoms with Crippen LogP contribution in [0.15, 0.2) is 12.1 Å². The molecule has 0 spiro atoms. The molecular weight excluding hydrogens is 352 g/mol. The maximum Gasteiger partial charge on any atom is 0.493 e. The molecule has 0 saturated carbocycles. The van der Waals surface area contributed by atoms with E-state index >= 15 is 0 Å². The zero-order chi connectivity index (χ0) is 18.8. The van der Waals surface area contributed by atoms with E-state index in [-0.39, 0.29) is 17.3 Å². The fourth-order valence-corrected chi connectivity index (χ4v) is 2.64. The van der Waals surface area contributed by atoms with Crippen LogP contribution >= 0.6 is 11.6 Å². The number of amides is 1. The van der Waals surface area contributed by atoms with Gasteiger partial charge in [-0.15, -0.1) is 0 Å². The Labute approximate surface area is 150 Å². The molecule has 1 aromatic rings. The van der Waals surface area contributed by atoms with E-state index in [1.165, 1.54) is 6.07 Å². The second kappa shape index (κ2) is 7.51. The van der Waals surface area contributed by atoms with E-state index in [0.717, 1.165) is 0 Å². The minimum atomic E-state index is -1.30. The number of aliphatic carboxylic acids is 1. The van der Waals surface area contributed by atoms with E-state index in [9.17, 15) is 14.6 Å². The highest BCUT2D eigenvalue weighted by molar-refractivity contribution is 6.65. The standard InChI is InChI=1S/C15H19BClNO7/c1-15(2,3)24-14(21)18-6-10-8-4-5-9(23-7-11(19)20)13(17)12(8)16(22)25-10/h4-5,10,22H,6-7H2,1-3H3,(H,18,21)(H,19,20). The predicted octanol–water partition coefficient (Wildman–Crippen LogP) is 1.09. The molecular formula is C15H19BClNO7. The van der Waals surface area contributed by atoms with Crippen LogP contribution in [0.1, 0.15) is 32.4 Å². The molecule has 1 aromatic carbocycles. The van der Waals surface area contributed by atoms with Crippen molar-refractivity contribution in [1.29, 1.82) is 0 Å².